The number of halogens is 1. The molecule has 5 nitrogen and oxygen atoms in total. The Balaban J connectivity index is 1.55. The number of hydrogen-bond donors (Lipinski definition) is 1. The van der Waals surface area contributed by atoms with Crippen molar-refractivity contribution < 1.29 is 14.0 Å². The van der Waals surface area contributed by atoms with Crippen molar-refractivity contribution in [2.24, 2.45) is 5.92 Å². The van der Waals surface area contributed by atoms with Gasteiger partial charge in [0.15, 0.2) is 0 Å². The summed E-state index contributed by atoms with van der Waals surface area (Å²) in [7, 11) is 0. The Morgan fingerprint density at radius 2 is 1.70 bits per heavy atom. The fraction of sp³-hybridized carbons (Fsp3) is 0.529. The molecular weight excluding hydrogens is 297 g/mol. The number of piperidine rings is 1. The van der Waals surface area contributed by atoms with Gasteiger partial charge in [-0.1, -0.05) is 6.07 Å². The van der Waals surface area contributed by atoms with Crippen molar-refractivity contribution in [3.05, 3.63) is 35.6 Å². The highest BCUT2D eigenvalue weighted by Gasteiger charge is 2.29. The standard InChI is InChI=1S/C17H22FN3O2/c18-15-3-1-2-14(12-15)17(23)21-10-8-20(9-11-21)16(22)13-4-6-19-7-5-13/h1-3,12-13,19H,4-11H2. The SMILES string of the molecule is O=C(c1cccc(F)c1)N1CCN(C(=O)C2CCNCC2)CC1. The summed E-state index contributed by atoms with van der Waals surface area (Å²) in [5.41, 5.74) is 0.364. The van der Waals surface area contributed by atoms with Crippen molar-refractivity contribution in [2.75, 3.05) is 39.3 Å². The van der Waals surface area contributed by atoms with Crippen LogP contribution in [-0.2, 0) is 4.79 Å². The van der Waals surface area contributed by atoms with Crippen LogP contribution in [-0.4, -0.2) is 60.9 Å². The summed E-state index contributed by atoms with van der Waals surface area (Å²) >= 11 is 0. The number of nitrogens with zero attached hydrogens (tertiary/aromatic N) is 2. The molecule has 0 spiro atoms. The van der Waals surface area contributed by atoms with Gasteiger partial charge in [-0.05, 0) is 44.1 Å². The van der Waals surface area contributed by atoms with Crippen LogP contribution >= 0.6 is 0 Å². The third-order valence-electron chi connectivity index (χ3n) is 4.64. The number of hydrogen-bond acceptors (Lipinski definition) is 3. The van der Waals surface area contributed by atoms with Gasteiger partial charge in [-0.2, -0.15) is 0 Å². The molecule has 0 aliphatic carbocycles. The zero-order valence-corrected chi connectivity index (χ0v) is 13.1. The first-order chi connectivity index (χ1) is 11.1. The van der Waals surface area contributed by atoms with Gasteiger partial charge in [0, 0.05) is 37.7 Å². The van der Waals surface area contributed by atoms with Crippen LogP contribution in [0.4, 0.5) is 4.39 Å². The summed E-state index contributed by atoms with van der Waals surface area (Å²) in [4.78, 5) is 28.4. The van der Waals surface area contributed by atoms with Gasteiger partial charge in [0.2, 0.25) is 5.91 Å². The first kappa shape index (κ1) is 15.9. The molecule has 0 saturated carbocycles. The number of carbonyl (C=O) groups is 2. The number of benzene rings is 1. The predicted octanol–water partition coefficient (Wildman–Crippen LogP) is 1.11. The first-order valence-electron chi connectivity index (χ1n) is 8.19. The van der Waals surface area contributed by atoms with Gasteiger partial charge in [-0.15, -0.1) is 0 Å². The van der Waals surface area contributed by atoms with E-state index in [0.717, 1.165) is 25.9 Å². The highest BCUT2D eigenvalue weighted by molar-refractivity contribution is 5.94. The Kier molecular flexibility index (Phi) is 4.91. The van der Waals surface area contributed by atoms with Crippen LogP contribution in [0, 0.1) is 11.7 Å². The van der Waals surface area contributed by atoms with Gasteiger partial charge in [-0.25, -0.2) is 4.39 Å². The average Bonchev–Trinajstić information content (AvgIpc) is 2.61. The van der Waals surface area contributed by atoms with Crippen LogP contribution in [0.5, 0.6) is 0 Å². The largest absolute Gasteiger partial charge is 0.339 e. The molecule has 2 aliphatic heterocycles. The van der Waals surface area contributed by atoms with Crippen molar-refractivity contribution in [2.45, 2.75) is 12.8 Å². The molecule has 0 aromatic heterocycles. The minimum absolute atomic E-state index is 0.113. The average molecular weight is 319 g/mol. The summed E-state index contributed by atoms with van der Waals surface area (Å²) in [5, 5.41) is 3.26. The normalized spacial score (nSPS) is 19.7. The van der Waals surface area contributed by atoms with Crippen molar-refractivity contribution >= 4 is 11.8 Å². The molecule has 6 heteroatoms. The maximum atomic E-state index is 13.2. The van der Waals surface area contributed by atoms with Gasteiger partial charge in [-0.3, -0.25) is 9.59 Å². The van der Waals surface area contributed by atoms with E-state index < -0.39 is 5.82 Å². The molecular formula is C17H22FN3O2. The van der Waals surface area contributed by atoms with E-state index in [0.29, 0.717) is 31.7 Å². The molecule has 0 bridgehead atoms. The number of rotatable bonds is 2. The van der Waals surface area contributed by atoms with Gasteiger partial charge < -0.3 is 15.1 Å². The fourth-order valence-corrected chi connectivity index (χ4v) is 3.26. The lowest BCUT2D eigenvalue weighted by Gasteiger charge is -2.37. The number of nitrogens with one attached hydrogen (secondary N) is 1. The van der Waals surface area contributed by atoms with Crippen molar-refractivity contribution in [1.82, 2.24) is 15.1 Å². The maximum Gasteiger partial charge on any atom is 0.254 e. The van der Waals surface area contributed by atoms with Crippen LogP contribution < -0.4 is 5.32 Å². The van der Waals surface area contributed by atoms with E-state index in [1.165, 1.54) is 12.1 Å². The molecule has 1 aromatic carbocycles. The summed E-state index contributed by atoms with van der Waals surface area (Å²) in [6, 6.07) is 5.75. The molecule has 0 radical (unpaired) electrons. The molecule has 2 heterocycles. The van der Waals surface area contributed by atoms with Crippen molar-refractivity contribution in [3.8, 4) is 0 Å². The van der Waals surface area contributed by atoms with Crippen molar-refractivity contribution in [3.63, 3.8) is 0 Å². The summed E-state index contributed by atoms with van der Waals surface area (Å²) in [5.74, 6) is -0.250. The predicted molar refractivity (Wildman–Crippen MR) is 84.5 cm³/mol. The molecule has 2 aliphatic rings. The quantitative estimate of drug-likeness (QED) is 0.888. The monoisotopic (exact) mass is 319 g/mol. The van der Waals surface area contributed by atoms with Crippen molar-refractivity contribution in [1.29, 1.82) is 0 Å². The number of amides is 2. The maximum absolute atomic E-state index is 13.2. The third-order valence-corrected chi connectivity index (χ3v) is 4.64. The van der Waals surface area contributed by atoms with Crippen LogP contribution in [0.2, 0.25) is 0 Å². The summed E-state index contributed by atoms with van der Waals surface area (Å²) in [6.07, 6.45) is 1.78. The van der Waals surface area contributed by atoms with E-state index in [4.69, 9.17) is 0 Å². The van der Waals surface area contributed by atoms with E-state index in [-0.39, 0.29) is 17.7 Å². The van der Waals surface area contributed by atoms with Gasteiger partial charge in [0.1, 0.15) is 5.82 Å². The van der Waals surface area contributed by atoms with E-state index in [2.05, 4.69) is 5.32 Å². The lowest BCUT2D eigenvalue weighted by molar-refractivity contribution is -0.137. The molecule has 23 heavy (non-hydrogen) atoms. The van der Waals surface area contributed by atoms with Crippen LogP contribution in [0.1, 0.15) is 23.2 Å². The molecule has 124 valence electrons. The zero-order chi connectivity index (χ0) is 16.2. The molecule has 3 rings (SSSR count). The lowest BCUT2D eigenvalue weighted by atomic mass is 9.96. The van der Waals surface area contributed by atoms with E-state index in [9.17, 15) is 14.0 Å². The smallest absolute Gasteiger partial charge is 0.254 e. The van der Waals surface area contributed by atoms with E-state index >= 15 is 0 Å². The molecule has 1 N–H and O–H groups in total. The van der Waals surface area contributed by atoms with Crippen LogP contribution in [0.15, 0.2) is 24.3 Å². The molecule has 2 saturated heterocycles. The highest BCUT2D eigenvalue weighted by Crippen LogP contribution is 2.17. The highest BCUT2D eigenvalue weighted by atomic mass is 19.1. The van der Waals surface area contributed by atoms with Crippen LogP contribution in [0.3, 0.4) is 0 Å². The second-order valence-electron chi connectivity index (χ2n) is 6.15. The van der Waals surface area contributed by atoms with Crippen LogP contribution in [0.25, 0.3) is 0 Å². The van der Waals surface area contributed by atoms with Gasteiger partial charge in [0.25, 0.3) is 5.91 Å². The molecule has 0 atom stereocenters. The Bertz CT molecular complexity index is 579. The Hall–Kier alpha value is -1.95. The zero-order valence-electron chi connectivity index (χ0n) is 13.1. The summed E-state index contributed by atoms with van der Waals surface area (Å²) in [6.45, 7) is 3.93. The van der Waals surface area contributed by atoms with Gasteiger partial charge >= 0.3 is 0 Å². The Morgan fingerprint density at radius 1 is 1.04 bits per heavy atom. The Morgan fingerprint density at radius 3 is 2.35 bits per heavy atom. The Labute approximate surface area is 135 Å². The topological polar surface area (TPSA) is 52.7 Å². The number of carbonyl (C=O) groups excluding carboxylic acids is 2. The summed E-state index contributed by atoms with van der Waals surface area (Å²) < 4.78 is 13.2. The minimum atomic E-state index is -0.407. The second kappa shape index (κ2) is 7.08. The van der Waals surface area contributed by atoms with E-state index in [1.54, 1.807) is 17.0 Å². The molecule has 0 unspecified atom stereocenters. The lowest BCUT2D eigenvalue weighted by Crippen LogP contribution is -2.52. The molecule has 1 aromatic rings. The van der Waals surface area contributed by atoms with E-state index in [1.807, 2.05) is 4.90 Å². The first-order valence-corrected chi connectivity index (χ1v) is 8.19. The molecule has 2 amide bonds. The third kappa shape index (κ3) is 3.69. The fourth-order valence-electron chi connectivity index (χ4n) is 3.26. The second-order valence-corrected chi connectivity index (χ2v) is 6.15. The number of piperazine rings is 1. The molecule has 2 fully saturated rings. The van der Waals surface area contributed by atoms with Gasteiger partial charge in [0.05, 0.1) is 0 Å². The minimum Gasteiger partial charge on any atom is -0.339 e.